The molecule has 14 heavy (non-hydrogen) atoms. The summed E-state index contributed by atoms with van der Waals surface area (Å²) < 4.78 is 5.11. The molecule has 0 atom stereocenters. The number of nitrogens with zero attached hydrogens (tertiary/aromatic N) is 1. The smallest absolute Gasteiger partial charge is 0.167 e. The second-order valence-corrected chi connectivity index (χ2v) is 3.18. The van der Waals surface area contributed by atoms with Crippen LogP contribution in [-0.4, -0.2) is 12.4 Å². The highest BCUT2D eigenvalue weighted by Gasteiger charge is 2.04. The zero-order valence-corrected chi connectivity index (χ0v) is 8.34. The van der Waals surface area contributed by atoms with Crippen LogP contribution in [-0.2, 0) is 4.79 Å². The number of carbonyl (C=O) groups is 1. The van der Waals surface area contributed by atoms with E-state index in [1.54, 1.807) is 12.1 Å². The molecular weight excluding hydrogens is 202 g/mol. The molecule has 4 heteroatoms. The Bertz CT molecular complexity index is 396. The van der Waals surface area contributed by atoms with Crippen molar-refractivity contribution in [3.05, 3.63) is 28.8 Å². The second-order valence-electron chi connectivity index (χ2n) is 2.74. The number of rotatable bonds is 3. The van der Waals surface area contributed by atoms with Gasteiger partial charge in [0.2, 0.25) is 0 Å². The van der Waals surface area contributed by atoms with Crippen molar-refractivity contribution in [3.63, 3.8) is 0 Å². The maximum Gasteiger partial charge on any atom is 0.167 e. The van der Waals surface area contributed by atoms with Crippen molar-refractivity contribution in [1.82, 2.24) is 0 Å². The fourth-order valence-electron chi connectivity index (χ4n) is 0.895. The van der Waals surface area contributed by atoms with E-state index in [1.807, 2.05) is 6.07 Å². The highest BCUT2D eigenvalue weighted by Crippen LogP contribution is 2.21. The van der Waals surface area contributed by atoms with Gasteiger partial charge in [0.15, 0.2) is 5.78 Å². The lowest BCUT2D eigenvalue weighted by atomic mass is 10.2. The van der Waals surface area contributed by atoms with Crippen molar-refractivity contribution in [1.29, 1.82) is 5.26 Å². The first-order valence-corrected chi connectivity index (χ1v) is 4.33. The topological polar surface area (TPSA) is 50.1 Å². The van der Waals surface area contributed by atoms with Crippen LogP contribution in [0.3, 0.4) is 0 Å². The van der Waals surface area contributed by atoms with Gasteiger partial charge in [0.05, 0.1) is 5.56 Å². The predicted octanol–water partition coefficient (Wildman–Crippen LogP) is 2.18. The molecule has 0 saturated heterocycles. The molecule has 3 nitrogen and oxygen atoms in total. The molecule has 0 unspecified atom stereocenters. The van der Waals surface area contributed by atoms with E-state index in [0.29, 0.717) is 16.3 Å². The third-order valence-electron chi connectivity index (χ3n) is 1.49. The number of halogens is 1. The Balaban J connectivity index is 2.87. The quantitative estimate of drug-likeness (QED) is 0.767. The Kier molecular flexibility index (Phi) is 3.49. The van der Waals surface area contributed by atoms with Crippen molar-refractivity contribution in [2.75, 3.05) is 6.61 Å². The Labute approximate surface area is 86.9 Å². The molecule has 0 aliphatic heterocycles. The molecule has 0 amide bonds. The molecule has 1 aromatic rings. The highest BCUT2D eigenvalue weighted by atomic mass is 35.5. The number of ketones is 1. The SMILES string of the molecule is CC(=O)COc1ccc(Cl)cc1C#N. The Morgan fingerprint density at radius 1 is 1.64 bits per heavy atom. The van der Waals surface area contributed by atoms with Gasteiger partial charge in [-0.05, 0) is 25.1 Å². The molecule has 0 spiro atoms. The molecule has 0 bridgehead atoms. The van der Waals surface area contributed by atoms with Gasteiger partial charge in [-0.1, -0.05) is 11.6 Å². The van der Waals surface area contributed by atoms with Gasteiger partial charge in [0.25, 0.3) is 0 Å². The third-order valence-corrected chi connectivity index (χ3v) is 1.73. The summed E-state index contributed by atoms with van der Waals surface area (Å²) in [6.07, 6.45) is 0. The summed E-state index contributed by atoms with van der Waals surface area (Å²) in [5.41, 5.74) is 0.332. The van der Waals surface area contributed by atoms with Crippen LogP contribution in [0.1, 0.15) is 12.5 Å². The van der Waals surface area contributed by atoms with E-state index in [0.717, 1.165) is 0 Å². The van der Waals surface area contributed by atoms with Gasteiger partial charge in [-0.25, -0.2) is 0 Å². The molecule has 0 radical (unpaired) electrons. The van der Waals surface area contributed by atoms with Crippen molar-refractivity contribution >= 4 is 17.4 Å². The summed E-state index contributed by atoms with van der Waals surface area (Å²) in [5, 5.41) is 9.20. The van der Waals surface area contributed by atoms with Crippen LogP contribution in [0, 0.1) is 11.3 Å². The summed E-state index contributed by atoms with van der Waals surface area (Å²) in [6, 6.07) is 6.62. The minimum Gasteiger partial charge on any atom is -0.484 e. The summed E-state index contributed by atoms with van der Waals surface area (Å²) in [7, 11) is 0. The number of nitriles is 1. The first-order chi connectivity index (χ1) is 6.63. The lowest BCUT2D eigenvalue weighted by Gasteiger charge is -2.05. The van der Waals surface area contributed by atoms with E-state index in [2.05, 4.69) is 0 Å². The average Bonchev–Trinajstić information content (AvgIpc) is 2.15. The predicted molar refractivity (Wildman–Crippen MR) is 52.3 cm³/mol. The number of benzene rings is 1. The lowest BCUT2D eigenvalue weighted by molar-refractivity contribution is -0.118. The van der Waals surface area contributed by atoms with Crippen LogP contribution in [0.5, 0.6) is 5.75 Å². The molecule has 0 fully saturated rings. The third kappa shape index (κ3) is 2.75. The lowest BCUT2D eigenvalue weighted by Crippen LogP contribution is -2.07. The minimum atomic E-state index is -0.0937. The molecule has 0 N–H and O–H groups in total. The van der Waals surface area contributed by atoms with Crippen LogP contribution < -0.4 is 4.74 Å². The summed E-state index contributed by atoms with van der Waals surface area (Å²) in [6.45, 7) is 1.39. The highest BCUT2D eigenvalue weighted by molar-refractivity contribution is 6.30. The second kappa shape index (κ2) is 4.64. The van der Waals surface area contributed by atoms with Gasteiger partial charge >= 0.3 is 0 Å². The fourth-order valence-corrected chi connectivity index (χ4v) is 1.07. The molecule has 0 aliphatic carbocycles. The van der Waals surface area contributed by atoms with E-state index >= 15 is 0 Å². The number of hydrogen-bond donors (Lipinski definition) is 0. The first kappa shape index (κ1) is 10.6. The van der Waals surface area contributed by atoms with Gasteiger partial charge in [-0.3, -0.25) is 4.79 Å². The van der Waals surface area contributed by atoms with E-state index in [9.17, 15) is 4.79 Å². The maximum absolute atomic E-state index is 10.6. The maximum atomic E-state index is 10.6. The molecular formula is C10H8ClNO2. The van der Waals surface area contributed by atoms with Crippen LogP contribution in [0.4, 0.5) is 0 Å². The molecule has 1 rings (SSSR count). The van der Waals surface area contributed by atoms with Crippen LogP contribution in [0.15, 0.2) is 18.2 Å². The molecule has 0 aromatic heterocycles. The van der Waals surface area contributed by atoms with Gasteiger partial charge in [-0.2, -0.15) is 5.26 Å². The van der Waals surface area contributed by atoms with Crippen molar-refractivity contribution in [2.45, 2.75) is 6.92 Å². The number of hydrogen-bond acceptors (Lipinski definition) is 3. The Morgan fingerprint density at radius 3 is 2.93 bits per heavy atom. The first-order valence-electron chi connectivity index (χ1n) is 3.95. The van der Waals surface area contributed by atoms with E-state index < -0.39 is 0 Å². The molecule has 0 aliphatic rings. The Hall–Kier alpha value is -1.53. The van der Waals surface area contributed by atoms with E-state index in [-0.39, 0.29) is 12.4 Å². The van der Waals surface area contributed by atoms with Gasteiger partial charge in [0, 0.05) is 5.02 Å². The van der Waals surface area contributed by atoms with E-state index in [1.165, 1.54) is 13.0 Å². The van der Waals surface area contributed by atoms with E-state index in [4.69, 9.17) is 21.6 Å². The molecule has 0 saturated carbocycles. The summed E-state index contributed by atoms with van der Waals surface area (Å²) in [5.74, 6) is 0.288. The summed E-state index contributed by atoms with van der Waals surface area (Å²) in [4.78, 5) is 10.6. The monoisotopic (exact) mass is 209 g/mol. The van der Waals surface area contributed by atoms with Crippen LogP contribution in [0.25, 0.3) is 0 Å². The average molecular weight is 210 g/mol. The molecule has 1 aromatic carbocycles. The van der Waals surface area contributed by atoms with Crippen molar-refractivity contribution in [3.8, 4) is 11.8 Å². The zero-order chi connectivity index (χ0) is 10.6. The number of ether oxygens (including phenoxy) is 1. The number of carbonyl (C=O) groups excluding carboxylic acids is 1. The van der Waals surface area contributed by atoms with Gasteiger partial charge in [0.1, 0.15) is 18.4 Å². The molecule has 0 heterocycles. The van der Waals surface area contributed by atoms with Crippen molar-refractivity contribution in [2.24, 2.45) is 0 Å². The Morgan fingerprint density at radius 2 is 2.36 bits per heavy atom. The minimum absolute atomic E-state index is 0.0314. The largest absolute Gasteiger partial charge is 0.484 e. The van der Waals surface area contributed by atoms with Crippen molar-refractivity contribution < 1.29 is 9.53 Å². The standard InChI is InChI=1S/C10H8ClNO2/c1-7(13)6-14-10-3-2-9(11)4-8(10)5-12/h2-4H,6H2,1H3. The van der Waals surface area contributed by atoms with Crippen LogP contribution >= 0.6 is 11.6 Å². The number of Topliss-reactive ketones (excluding diaryl/α,β-unsaturated/α-hetero) is 1. The zero-order valence-electron chi connectivity index (χ0n) is 7.58. The summed E-state index contributed by atoms with van der Waals surface area (Å²) >= 11 is 5.68. The normalized spacial score (nSPS) is 9.21. The van der Waals surface area contributed by atoms with Gasteiger partial charge < -0.3 is 4.74 Å². The fraction of sp³-hybridized carbons (Fsp3) is 0.200. The molecule has 72 valence electrons. The van der Waals surface area contributed by atoms with Crippen LogP contribution in [0.2, 0.25) is 5.02 Å². The van der Waals surface area contributed by atoms with Gasteiger partial charge in [-0.15, -0.1) is 0 Å².